The lowest BCUT2D eigenvalue weighted by atomic mass is 10.3. The molecule has 0 amide bonds. The van der Waals surface area contributed by atoms with Crippen LogP contribution in [0.15, 0.2) is 33.6 Å². The van der Waals surface area contributed by atoms with Gasteiger partial charge in [-0.1, -0.05) is 15.9 Å². The second-order valence-electron chi connectivity index (χ2n) is 4.96. The van der Waals surface area contributed by atoms with Gasteiger partial charge in [0.25, 0.3) is 0 Å². The van der Waals surface area contributed by atoms with Crippen LogP contribution >= 0.6 is 15.9 Å². The number of nitrogens with zero attached hydrogens (tertiary/aromatic N) is 3. The molecule has 1 fully saturated rings. The van der Waals surface area contributed by atoms with Crippen molar-refractivity contribution in [3.05, 3.63) is 28.7 Å². The van der Waals surface area contributed by atoms with Gasteiger partial charge in [-0.2, -0.15) is 9.57 Å². The summed E-state index contributed by atoms with van der Waals surface area (Å²) < 4.78 is 27.4. The average Bonchev–Trinajstić information content (AvgIpc) is 2.48. The average molecular weight is 372 g/mol. The molecule has 1 aliphatic rings. The summed E-state index contributed by atoms with van der Waals surface area (Å²) in [7, 11) is -3.39. The minimum atomic E-state index is -3.39. The van der Waals surface area contributed by atoms with E-state index in [2.05, 4.69) is 26.9 Å². The summed E-state index contributed by atoms with van der Waals surface area (Å²) in [6.07, 6.45) is 1.40. The van der Waals surface area contributed by atoms with Crippen molar-refractivity contribution in [1.82, 2.24) is 9.21 Å². The Bertz CT molecular complexity index is 602. The molecule has 0 saturated carbocycles. The second-order valence-corrected chi connectivity index (χ2v) is 7.81. The highest BCUT2D eigenvalue weighted by atomic mass is 79.9. The molecule has 0 unspecified atom stereocenters. The van der Waals surface area contributed by atoms with E-state index in [9.17, 15) is 8.42 Å². The molecule has 0 radical (unpaired) electrons. The molecule has 5 nitrogen and oxygen atoms in total. The van der Waals surface area contributed by atoms with Crippen molar-refractivity contribution >= 4 is 26.0 Å². The van der Waals surface area contributed by atoms with Crippen LogP contribution in [0.5, 0.6) is 0 Å². The predicted octanol–water partition coefficient (Wildman–Crippen LogP) is 2.06. The predicted molar refractivity (Wildman–Crippen MR) is 84.2 cm³/mol. The van der Waals surface area contributed by atoms with Gasteiger partial charge in [-0.05, 0) is 37.2 Å². The van der Waals surface area contributed by atoms with Crippen molar-refractivity contribution in [2.75, 3.05) is 32.7 Å². The van der Waals surface area contributed by atoms with E-state index < -0.39 is 10.0 Å². The Labute approximate surface area is 134 Å². The third kappa shape index (κ3) is 4.27. The van der Waals surface area contributed by atoms with E-state index in [0.717, 1.165) is 30.5 Å². The van der Waals surface area contributed by atoms with Crippen LogP contribution in [0.2, 0.25) is 0 Å². The molecule has 1 aromatic rings. The summed E-state index contributed by atoms with van der Waals surface area (Å²) in [5, 5.41) is 8.53. The first-order valence-electron chi connectivity index (χ1n) is 6.89. The lowest BCUT2D eigenvalue weighted by molar-refractivity contribution is 0.187. The van der Waals surface area contributed by atoms with Crippen LogP contribution in [0.1, 0.15) is 12.8 Å². The fourth-order valence-electron chi connectivity index (χ4n) is 2.33. The van der Waals surface area contributed by atoms with Crippen LogP contribution in [-0.2, 0) is 10.0 Å². The summed E-state index contributed by atoms with van der Waals surface area (Å²) in [5.74, 6) is 0. The maximum Gasteiger partial charge on any atom is 0.243 e. The fraction of sp³-hybridized carbons (Fsp3) is 0.500. The van der Waals surface area contributed by atoms with Crippen molar-refractivity contribution in [3.8, 4) is 6.07 Å². The number of benzene rings is 1. The summed E-state index contributed by atoms with van der Waals surface area (Å²) in [6.45, 7) is 3.32. The summed E-state index contributed by atoms with van der Waals surface area (Å²) in [4.78, 5) is 2.55. The van der Waals surface area contributed by atoms with Crippen molar-refractivity contribution < 1.29 is 8.42 Å². The van der Waals surface area contributed by atoms with E-state index in [4.69, 9.17) is 5.26 Å². The van der Waals surface area contributed by atoms with Crippen molar-refractivity contribution in [2.45, 2.75) is 17.7 Å². The number of unbranched alkanes of at least 4 members (excludes halogenated alkanes) is 1. The first kappa shape index (κ1) is 16.4. The first-order chi connectivity index (χ1) is 10.0. The van der Waals surface area contributed by atoms with Crippen molar-refractivity contribution in [2.24, 2.45) is 0 Å². The lowest BCUT2D eigenvalue weighted by Gasteiger charge is -2.33. The molecule has 0 bridgehead atoms. The van der Waals surface area contributed by atoms with Crippen molar-refractivity contribution in [1.29, 1.82) is 5.26 Å². The van der Waals surface area contributed by atoms with E-state index in [1.54, 1.807) is 24.3 Å². The summed E-state index contributed by atoms with van der Waals surface area (Å²) in [6, 6.07) is 8.86. The maximum atomic E-state index is 12.5. The third-order valence-electron chi connectivity index (χ3n) is 3.55. The van der Waals surface area contributed by atoms with Gasteiger partial charge in [-0.3, -0.25) is 0 Å². The number of hydrogen-bond acceptors (Lipinski definition) is 4. The Kier molecular flexibility index (Phi) is 5.76. The van der Waals surface area contributed by atoms with Crippen LogP contribution < -0.4 is 0 Å². The molecule has 0 aromatic heterocycles. The molecule has 0 aliphatic carbocycles. The molecule has 1 heterocycles. The summed E-state index contributed by atoms with van der Waals surface area (Å²) >= 11 is 3.31. The normalized spacial score (nSPS) is 17.5. The smallest absolute Gasteiger partial charge is 0.243 e. The van der Waals surface area contributed by atoms with Gasteiger partial charge in [0.05, 0.1) is 11.0 Å². The zero-order valence-corrected chi connectivity index (χ0v) is 14.1. The van der Waals surface area contributed by atoms with E-state index in [1.807, 2.05) is 0 Å². The van der Waals surface area contributed by atoms with Crippen LogP contribution in [-0.4, -0.2) is 50.3 Å². The minimum Gasteiger partial charge on any atom is -0.301 e. The van der Waals surface area contributed by atoms with E-state index in [-0.39, 0.29) is 0 Å². The number of sulfonamides is 1. The number of piperazine rings is 1. The first-order valence-corrected chi connectivity index (χ1v) is 9.12. The van der Waals surface area contributed by atoms with Gasteiger partial charge in [0.2, 0.25) is 10.0 Å². The Balaban J connectivity index is 1.95. The van der Waals surface area contributed by atoms with Gasteiger partial charge in [0.15, 0.2) is 0 Å². The standard InChI is InChI=1S/C14H18BrN3O2S/c15-13-3-5-14(6-4-13)21(19,20)18-11-9-17(10-12-18)8-2-1-7-16/h3-6H,1-2,8-12H2. The second kappa shape index (κ2) is 7.36. The van der Waals surface area contributed by atoms with Gasteiger partial charge < -0.3 is 4.90 Å². The molecular formula is C14H18BrN3O2S. The third-order valence-corrected chi connectivity index (χ3v) is 5.99. The molecule has 0 spiro atoms. The van der Waals surface area contributed by atoms with Crippen LogP contribution in [0.3, 0.4) is 0 Å². The van der Waals surface area contributed by atoms with Crippen molar-refractivity contribution in [3.63, 3.8) is 0 Å². The molecule has 2 rings (SSSR count). The van der Waals surface area contributed by atoms with E-state index in [0.29, 0.717) is 24.4 Å². The van der Waals surface area contributed by atoms with E-state index >= 15 is 0 Å². The topological polar surface area (TPSA) is 64.4 Å². The Hall–Kier alpha value is -0.940. The number of nitriles is 1. The quantitative estimate of drug-likeness (QED) is 0.743. The van der Waals surface area contributed by atoms with Gasteiger partial charge in [0.1, 0.15) is 0 Å². The van der Waals surface area contributed by atoms with Gasteiger partial charge >= 0.3 is 0 Å². The minimum absolute atomic E-state index is 0.337. The monoisotopic (exact) mass is 371 g/mol. The molecule has 1 aliphatic heterocycles. The molecule has 0 atom stereocenters. The molecule has 7 heteroatoms. The SMILES string of the molecule is N#CCCCN1CCN(S(=O)(=O)c2ccc(Br)cc2)CC1. The molecular weight excluding hydrogens is 354 g/mol. The lowest BCUT2D eigenvalue weighted by Crippen LogP contribution is -2.48. The number of halogens is 1. The fourth-order valence-corrected chi connectivity index (χ4v) is 4.02. The van der Waals surface area contributed by atoms with Crippen LogP contribution in [0, 0.1) is 11.3 Å². The zero-order valence-electron chi connectivity index (χ0n) is 11.7. The van der Waals surface area contributed by atoms with Crippen LogP contribution in [0.4, 0.5) is 0 Å². The highest BCUT2D eigenvalue weighted by molar-refractivity contribution is 9.10. The molecule has 1 saturated heterocycles. The van der Waals surface area contributed by atoms with E-state index in [1.165, 1.54) is 4.31 Å². The zero-order chi connectivity index (χ0) is 15.3. The summed E-state index contributed by atoms with van der Waals surface area (Å²) in [5.41, 5.74) is 0. The molecule has 114 valence electrons. The van der Waals surface area contributed by atoms with Gasteiger partial charge in [0, 0.05) is 37.1 Å². The Morgan fingerprint density at radius 2 is 1.76 bits per heavy atom. The van der Waals surface area contributed by atoms with Gasteiger partial charge in [-0.15, -0.1) is 0 Å². The number of rotatable bonds is 5. The van der Waals surface area contributed by atoms with Crippen LogP contribution in [0.25, 0.3) is 0 Å². The number of hydrogen-bond donors (Lipinski definition) is 0. The largest absolute Gasteiger partial charge is 0.301 e. The highest BCUT2D eigenvalue weighted by Gasteiger charge is 2.28. The Morgan fingerprint density at radius 1 is 1.14 bits per heavy atom. The van der Waals surface area contributed by atoms with Gasteiger partial charge in [-0.25, -0.2) is 8.42 Å². The molecule has 21 heavy (non-hydrogen) atoms. The highest BCUT2D eigenvalue weighted by Crippen LogP contribution is 2.20. The molecule has 1 aromatic carbocycles. The maximum absolute atomic E-state index is 12.5. The Morgan fingerprint density at radius 3 is 2.33 bits per heavy atom. The molecule has 0 N–H and O–H groups in total.